The fourth-order valence-electron chi connectivity index (χ4n) is 2.24. The van der Waals surface area contributed by atoms with Gasteiger partial charge in [0.05, 0.1) is 12.2 Å². The standard InChI is InChI=1S/C14H16F2N6/c1-3-9-10(7-17)13(21-20-11(9)4-2)19-8-12-18-5-6-22(12)14(15)16/h5-6,14H,3-4,8H2,1-2H3,(H,19,21). The van der Waals surface area contributed by atoms with E-state index in [0.29, 0.717) is 24.2 Å². The summed E-state index contributed by atoms with van der Waals surface area (Å²) in [6.07, 6.45) is 3.84. The van der Waals surface area contributed by atoms with Gasteiger partial charge in [0.15, 0.2) is 5.82 Å². The van der Waals surface area contributed by atoms with E-state index in [9.17, 15) is 14.0 Å². The van der Waals surface area contributed by atoms with E-state index < -0.39 is 6.55 Å². The highest BCUT2D eigenvalue weighted by Gasteiger charge is 2.16. The van der Waals surface area contributed by atoms with E-state index in [-0.39, 0.29) is 12.4 Å². The van der Waals surface area contributed by atoms with Gasteiger partial charge in [-0.25, -0.2) is 4.98 Å². The van der Waals surface area contributed by atoms with Crippen LogP contribution < -0.4 is 5.32 Å². The summed E-state index contributed by atoms with van der Waals surface area (Å²) in [6, 6.07) is 2.12. The summed E-state index contributed by atoms with van der Waals surface area (Å²) >= 11 is 0. The maximum Gasteiger partial charge on any atom is 0.319 e. The highest BCUT2D eigenvalue weighted by Crippen LogP contribution is 2.21. The fourth-order valence-corrected chi connectivity index (χ4v) is 2.24. The van der Waals surface area contributed by atoms with E-state index in [0.717, 1.165) is 15.8 Å². The molecule has 0 spiro atoms. The Morgan fingerprint density at radius 1 is 1.32 bits per heavy atom. The number of hydrogen-bond donors (Lipinski definition) is 1. The van der Waals surface area contributed by atoms with Crippen LogP contribution in [0.15, 0.2) is 12.4 Å². The van der Waals surface area contributed by atoms with Gasteiger partial charge in [-0.15, -0.1) is 5.10 Å². The van der Waals surface area contributed by atoms with Crippen LogP contribution in [0.5, 0.6) is 0 Å². The molecule has 2 aromatic heterocycles. The van der Waals surface area contributed by atoms with Gasteiger partial charge in [-0.3, -0.25) is 4.57 Å². The smallest absolute Gasteiger partial charge is 0.319 e. The molecule has 0 saturated heterocycles. The normalized spacial score (nSPS) is 10.7. The van der Waals surface area contributed by atoms with Crippen molar-refractivity contribution in [2.75, 3.05) is 5.32 Å². The molecule has 0 amide bonds. The summed E-state index contributed by atoms with van der Waals surface area (Å²) in [4.78, 5) is 3.87. The van der Waals surface area contributed by atoms with E-state index in [1.807, 2.05) is 13.8 Å². The number of hydrogen-bond acceptors (Lipinski definition) is 5. The monoisotopic (exact) mass is 306 g/mol. The third-order valence-corrected chi connectivity index (χ3v) is 3.33. The molecule has 0 aliphatic carbocycles. The lowest BCUT2D eigenvalue weighted by Crippen LogP contribution is -2.13. The Balaban J connectivity index is 2.27. The molecule has 2 heterocycles. The zero-order valence-electron chi connectivity index (χ0n) is 12.3. The van der Waals surface area contributed by atoms with Crippen molar-refractivity contribution in [1.82, 2.24) is 19.7 Å². The van der Waals surface area contributed by atoms with Gasteiger partial charge in [0.1, 0.15) is 17.5 Å². The van der Waals surface area contributed by atoms with Crippen molar-refractivity contribution in [2.45, 2.75) is 39.8 Å². The Hall–Kier alpha value is -2.56. The number of nitriles is 1. The first-order valence-electron chi connectivity index (χ1n) is 6.94. The minimum Gasteiger partial charge on any atom is -0.360 e. The van der Waals surface area contributed by atoms with Crippen LogP contribution in [0, 0.1) is 11.3 Å². The predicted molar refractivity (Wildman–Crippen MR) is 76.3 cm³/mol. The van der Waals surface area contributed by atoms with Crippen molar-refractivity contribution in [3.05, 3.63) is 35.0 Å². The Morgan fingerprint density at radius 3 is 2.68 bits per heavy atom. The van der Waals surface area contributed by atoms with E-state index in [4.69, 9.17) is 0 Å². The molecule has 1 N–H and O–H groups in total. The van der Waals surface area contributed by atoms with Crippen LogP contribution >= 0.6 is 0 Å². The zero-order valence-corrected chi connectivity index (χ0v) is 12.3. The summed E-state index contributed by atoms with van der Waals surface area (Å²) in [6.45, 7) is 1.26. The molecule has 2 rings (SSSR count). The van der Waals surface area contributed by atoms with E-state index in [1.54, 1.807) is 0 Å². The number of nitrogens with one attached hydrogen (secondary N) is 1. The number of anilines is 1. The van der Waals surface area contributed by atoms with Crippen molar-refractivity contribution in [3.63, 3.8) is 0 Å². The van der Waals surface area contributed by atoms with Gasteiger partial charge in [0, 0.05) is 12.4 Å². The van der Waals surface area contributed by atoms with E-state index in [1.165, 1.54) is 12.4 Å². The number of nitrogens with zero attached hydrogens (tertiary/aromatic N) is 5. The molecule has 116 valence electrons. The van der Waals surface area contributed by atoms with Crippen molar-refractivity contribution in [3.8, 4) is 6.07 Å². The van der Waals surface area contributed by atoms with Crippen LogP contribution in [0.3, 0.4) is 0 Å². The van der Waals surface area contributed by atoms with Crippen molar-refractivity contribution in [1.29, 1.82) is 5.26 Å². The van der Waals surface area contributed by atoms with Crippen LogP contribution in [0.4, 0.5) is 14.6 Å². The molecule has 0 fully saturated rings. The van der Waals surface area contributed by atoms with Gasteiger partial charge in [0.25, 0.3) is 0 Å². The molecule has 0 aliphatic heterocycles. The average Bonchev–Trinajstić information content (AvgIpc) is 3.00. The zero-order chi connectivity index (χ0) is 16.1. The summed E-state index contributed by atoms with van der Waals surface area (Å²) < 4.78 is 26.3. The highest BCUT2D eigenvalue weighted by atomic mass is 19.3. The Kier molecular flexibility index (Phi) is 4.99. The summed E-state index contributed by atoms with van der Waals surface area (Å²) in [5.74, 6) is 0.457. The van der Waals surface area contributed by atoms with Crippen LogP contribution in [0.1, 0.15) is 43.0 Å². The second kappa shape index (κ2) is 6.93. The van der Waals surface area contributed by atoms with Gasteiger partial charge < -0.3 is 5.32 Å². The van der Waals surface area contributed by atoms with Gasteiger partial charge >= 0.3 is 6.55 Å². The highest BCUT2D eigenvalue weighted by molar-refractivity contribution is 5.56. The molecule has 0 radical (unpaired) electrons. The molecular weight excluding hydrogens is 290 g/mol. The topological polar surface area (TPSA) is 79.4 Å². The summed E-state index contributed by atoms with van der Waals surface area (Å²) in [5, 5.41) is 20.3. The lowest BCUT2D eigenvalue weighted by Gasteiger charge is -2.12. The largest absolute Gasteiger partial charge is 0.360 e. The van der Waals surface area contributed by atoms with Gasteiger partial charge in [-0.1, -0.05) is 13.8 Å². The molecule has 8 heteroatoms. The fraction of sp³-hybridized carbons (Fsp3) is 0.429. The molecule has 0 aromatic carbocycles. The van der Waals surface area contributed by atoms with Crippen LogP contribution in [-0.2, 0) is 19.4 Å². The number of halogens is 2. The first-order chi connectivity index (χ1) is 10.6. The minimum absolute atomic E-state index is 0.0370. The lowest BCUT2D eigenvalue weighted by molar-refractivity contribution is 0.0673. The Bertz CT molecular complexity index is 689. The maximum absolute atomic E-state index is 12.8. The molecule has 22 heavy (non-hydrogen) atoms. The van der Waals surface area contributed by atoms with Crippen LogP contribution in [0.2, 0.25) is 0 Å². The van der Waals surface area contributed by atoms with Gasteiger partial charge in [-0.2, -0.15) is 19.1 Å². The van der Waals surface area contributed by atoms with Crippen LogP contribution in [0.25, 0.3) is 0 Å². The number of aryl methyl sites for hydroxylation is 1. The molecular formula is C14H16F2N6. The SMILES string of the molecule is CCc1nnc(NCc2nccn2C(F)F)c(C#N)c1CC. The third-order valence-electron chi connectivity index (χ3n) is 3.33. The molecule has 0 aliphatic rings. The molecule has 0 atom stereocenters. The summed E-state index contributed by atoms with van der Waals surface area (Å²) in [7, 11) is 0. The van der Waals surface area contributed by atoms with Gasteiger partial charge in [0.2, 0.25) is 0 Å². The van der Waals surface area contributed by atoms with Crippen molar-refractivity contribution >= 4 is 5.82 Å². The first kappa shape index (κ1) is 15.8. The lowest BCUT2D eigenvalue weighted by atomic mass is 10.0. The number of aromatic nitrogens is 4. The van der Waals surface area contributed by atoms with Gasteiger partial charge in [-0.05, 0) is 18.4 Å². The maximum atomic E-state index is 12.8. The Labute approximate surface area is 126 Å². The first-order valence-corrected chi connectivity index (χ1v) is 6.94. The third kappa shape index (κ3) is 3.03. The molecule has 0 saturated carbocycles. The van der Waals surface area contributed by atoms with Crippen molar-refractivity contribution < 1.29 is 8.78 Å². The summed E-state index contributed by atoms with van der Waals surface area (Å²) in [5.41, 5.74) is 2.02. The second-order valence-electron chi connectivity index (χ2n) is 4.55. The number of rotatable bonds is 6. The second-order valence-corrected chi connectivity index (χ2v) is 4.55. The average molecular weight is 306 g/mol. The Morgan fingerprint density at radius 2 is 2.09 bits per heavy atom. The minimum atomic E-state index is -2.66. The van der Waals surface area contributed by atoms with E-state index >= 15 is 0 Å². The molecule has 0 unspecified atom stereocenters. The number of imidazole rings is 1. The quantitative estimate of drug-likeness (QED) is 0.887. The molecule has 6 nitrogen and oxygen atoms in total. The molecule has 0 bridgehead atoms. The van der Waals surface area contributed by atoms with Crippen LogP contribution in [-0.4, -0.2) is 19.7 Å². The van der Waals surface area contributed by atoms with E-state index in [2.05, 4.69) is 26.6 Å². The molecule has 2 aromatic rings. The predicted octanol–water partition coefficient (Wildman–Crippen LogP) is 2.68. The van der Waals surface area contributed by atoms with Crippen molar-refractivity contribution in [2.24, 2.45) is 0 Å². The number of alkyl halides is 2.